The molecule has 5 rings (SSSR count). The van der Waals surface area contributed by atoms with Crippen LogP contribution in [-0.4, -0.2) is 25.3 Å². The second-order valence-electron chi connectivity index (χ2n) is 7.04. The Bertz CT molecular complexity index is 1500. The molecule has 0 radical (unpaired) electrons. The highest BCUT2D eigenvalue weighted by molar-refractivity contribution is 6.30. The van der Waals surface area contributed by atoms with E-state index < -0.39 is 5.56 Å². The number of carbonyl (C=O) groups excluding carboxylic acids is 1. The molecule has 5 aromatic rings. The molecule has 1 amide bonds. The molecule has 0 atom stereocenters. The number of rotatable bonds is 4. The lowest BCUT2D eigenvalue weighted by Crippen LogP contribution is -2.30. The first-order chi connectivity index (χ1) is 15.1. The molecule has 0 aliphatic carbocycles. The molecule has 2 heterocycles. The maximum absolute atomic E-state index is 12.9. The molecule has 3 aromatic carbocycles. The van der Waals surface area contributed by atoms with Crippen molar-refractivity contribution in [1.82, 2.24) is 19.4 Å². The molecule has 0 bridgehead atoms. The van der Waals surface area contributed by atoms with E-state index in [0.29, 0.717) is 21.9 Å². The van der Waals surface area contributed by atoms with Crippen molar-refractivity contribution < 1.29 is 4.79 Å². The molecule has 8 heteroatoms. The van der Waals surface area contributed by atoms with E-state index in [0.717, 1.165) is 21.0 Å². The quantitative estimate of drug-likeness (QED) is 0.468. The smallest absolute Gasteiger partial charge is 0.293 e. The molecule has 0 fully saturated rings. The van der Waals surface area contributed by atoms with Gasteiger partial charge in [0.25, 0.3) is 5.56 Å². The molecular formula is C23H16ClN5O2. The molecule has 152 valence electrons. The van der Waals surface area contributed by atoms with E-state index in [4.69, 9.17) is 11.6 Å². The summed E-state index contributed by atoms with van der Waals surface area (Å²) in [7, 11) is 0. The first-order valence-electron chi connectivity index (χ1n) is 9.57. The maximum Gasteiger partial charge on any atom is 0.293 e. The van der Waals surface area contributed by atoms with Crippen LogP contribution in [0.2, 0.25) is 5.02 Å². The number of anilines is 1. The van der Waals surface area contributed by atoms with E-state index in [1.165, 1.54) is 10.8 Å². The predicted molar refractivity (Wildman–Crippen MR) is 120 cm³/mol. The number of nitrogens with one attached hydrogen (secondary N) is 1. The number of fused-ring (bicyclic) bond motifs is 2. The van der Waals surface area contributed by atoms with Crippen LogP contribution in [0.15, 0.2) is 83.9 Å². The normalized spacial score (nSPS) is 11.1. The monoisotopic (exact) mass is 429 g/mol. The van der Waals surface area contributed by atoms with Gasteiger partial charge < -0.3 is 5.32 Å². The molecule has 0 saturated carbocycles. The van der Waals surface area contributed by atoms with Crippen LogP contribution >= 0.6 is 11.6 Å². The number of benzene rings is 3. The molecule has 7 nitrogen and oxygen atoms in total. The third-order valence-corrected chi connectivity index (χ3v) is 5.19. The third-order valence-electron chi connectivity index (χ3n) is 4.96. The third kappa shape index (κ3) is 3.67. The minimum absolute atomic E-state index is 0.226. The van der Waals surface area contributed by atoms with Gasteiger partial charge in [0, 0.05) is 16.3 Å². The van der Waals surface area contributed by atoms with E-state index in [1.807, 2.05) is 42.5 Å². The Morgan fingerprint density at radius 1 is 1.00 bits per heavy atom. The molecule has 0 saturated heterocycles. The van der Waals surface area contributed by atoms with Crippen molar-refractivity contribution in [3.8, 4) is 11.3 Å². The summed E-state index contributed by atoms with van der Waals surface area (Å²) < 4.78 is 2.55. The Kier molecular flexibility index (Phi) is 4.72. The van der Waals surface area contributed by atoms with E-state index in [-0.39, 0.29) is 12.5 Å². The molecule has 0 unspecified atom stereocenters. The average Bonchev–Trinajstić information content (AvgIpc) is 3.20. The van der Waals surface area contributed by atoms with Gasteiger partial charge in [-0.05, 0) is 35.0 Å². The van der Waals surface area contributed by atoms with Gasteiger partial charge in [-0.1, -0.05) is 60.1 Å². The summed E-state index contributed by atoms with van der Waals surface area (Å²) in [5.74, 6) is -0.380. The summed E-state index contributed by atoms with van der Waals surface area (Å²) in [6, 6.07) is 22.5. The Labute approximate surface area is 181 Å². The van der Waals surface area contributed by atoms with Crippen molar-refractivity contribution >= 4 is 39.5 Å². The van der Waals surface area contributed by atoms with E-state index in [1.54, 1.807) is 30.3 Å². The highest BCUT2D eigenvalue weighted by atomic mass is 35.5. The zero-order valence-electron chi connectivity index (χ0n) is 16.2. The number of amides is 1. The molecular weight excluding hydrogens is 414 g/mol. The number of hydrogen-bond donors (Lipinski definition) is 1. The summed E-state index contributed by atoms with van der Waals surface area (Å²) in [6.45, 7) is -0.226. The van der Waals surface area contributed by atoms with Gasteiger partial charge in [-0.2, -0.15) is 10.2 Å². The Morgan fingerprint density at radius 2 is 1.81 bits per heavy atom. The van der Waals surface area contributed by atoms with Crippen LogP contribution < -0.4 is 10.9 Å². The Morgan fingerprint density at radius 3 is 2.68 bits per heavy atom. The fourth-order valence-corrected chi connectivity index (χ4v) is 3.72. The second kappa shape index (κ2) is 7.70. The van der Waals surface area contributed by atoms with Gasteiger partial charge in [0.1, 0.15) is 18.4 Å². The minimum Gasteiger partial charge on any atom is -0.324 e. The molecule has 0 aliphatic rings. The lowest BCUT2D eigenvalue weighted by Gasteiger charge is -2.07. The minimum atomic E-state index is -0.400. The van der Waals surface area contributed by atoms with Gasteiger partial charge >= 0.3 is 0 Å². The lowest BCUT2D eigenvalue weighted by molar-refractivity contribution is -0.117. The zero-order valence-corrected chi connectivity index (χ0v) is 17.0. The SMILES string of the molecule is O=C(Cn1ncn2nc(-c3cccc4ccccc34)cc2c1=O)Nc1cccc(Cl)c1. The number of hydrogen-bond acceptors (Lipinski definition) is 4. The predicted octanol–water partition coefficient (Wildman–Crippen LogP) is 4.00. The summed E-state index contributed by atoms with van der Waals surface area (Å²) in [5, 5.41) is 14.0. The topological polar surface area (TPSA) is 81.3 Å². The van der Waals surface area contributed by atoms with E-state index in [2.05, 4.69) is 15.5 Å². The average molecular weight is 430 g/mol. The van der Waals surface area contributed by atoms with Gasteiger partial charge in [-0.3, -0.25) is 9.59 Å². The van der Waals surface area contributed by atoms with Crippen LogP contribution in [0, 0.1) is 0 Å². The maximum atomic E-state index is 12.9. The summed E-state index contributed by atoms with van der Waals surface area (Å²) >= 11 is 5.94. The van der Waals surface area contributed by atoms with Crippen molar-refractivity contribution in [3.05, 3.63) is 94.5 Å². The van der Waals surface area contributed by atoms with Gasteiger partial charge in [-0.15, -0.1) is 0 Å². The number of aromatic nitrogens is 4. The number of carbonyl (C=O) groups is 1. The largest absolute Gasteiger partial charge is 0.324 e. The fourth-order valence-electron chi connectivity index (χ4n) is 3.53. The second-order valence-corrected chi connectivity index (χ2v) is 7.47. The van der Waals surface area contributed by atoms with Gasteiger partial charge in [-0.25, -0.2) is 9.20 Å². The van der Waals surface area contributed by atoms with Crippen molar-refractivity contribution in [3.63, 3.8) is 0 Å². The van der Waals surface area contributed by atoms with Gasteiger partial charge in [0.05, 0.1) is 5.69 Å². The highest BCUT2D eigenvalue weighted by Crippen LogP contribution is 2.27. The van der Waals surface area contributed by atoms with Crippen LogP contribution in [0.25, 0.3) is 27.5 Å². The van der Waals surface area contributed by atoms with Crippen molar-refractivity contribution in [2.75, 3.05) is 5.32 Å². The van der Waals surface area contributed by atoms with Crippen LogP contribution in [0.3, 0.4) is 0 Å². The number of halogens is 1. The van der Waals surface area contributed by atoms with Crippen LogP contribution in [0.1, 0.15) is 0 Å². The standard InChI is InChI=1S/C23H16ClN5O2/c24-16-7-4-8-17(11-16)26-22(30)13-28-23(31)21-12-20(27-29(21)14-25-28)19-10-3-6-15-5-1-2-9-18(15)19/h1-12,14H,13H2,(H,26,30). The van der Waals surface area contributed by atoms with Crippen molar-refractivity contribution in [2.45, 2.75) is 6.54 Å². The molecule has 0 aliphatic heterocycles. The molecule has 2 aromatic heterocycles. The van der Waals surface area contributed by atoms with Gasteiger partial charge in [0.2, 0.25) is 5.91 Å². The fraction of sp³-hybridized carbons (Fsp3) is 0.0435. The summed E-state index contributed by atoms with van der Waals surface area (Å²) in [4.78, 5) is 25.3. The molecule has 0 spiro atoms. The van der Waals surface area contributed by atoms with Crippen LogP contribution in [0.5, 0.6) is 0 Å². The van der Waals surface area contributed by atoms with Crippen LogP contribution in [0.4, 0.5) is 5.69 Å². The first-order valence-corrected chi connectivity index (χ1v) is 9.95. The van der Waals surface area contributed by atoms with E-state index >= 15 is 0 Å². The van der Waals surface area contributed by atoms with E-state index in [9.17, 15) is 9.59 Å². The van der Waals surface area contributed by atoms with Gasteiger partial charge in [0.15, 0.2) is 0 Å². The summed E-state index contributed by atoms with van der Waals surface area (Å²) in [5.41, 5.74) is 2.08. The van der Waals surface area contributed by atoms with Crippen LogP contribution in [-0.2, 0) is 11.3 Å². The van der Waals surface area contributed by atoms with Crippen molar-refractivity contribution in [2.24, 2.45) is 0 Å². The Hall–Kier alpha value is -3.97. The summed E-state index contributed by atoms with van der Waals surface area (Å²) in [6.07, 6.45) is 1.43. The number of nitrogens with zero attached hydrogens (tertiary/aromatic N) is 4. The molecule has 1 N–H and O–H groups in total. The highest BCUT2D eigenvalue weighted by Gasteiger charge is 2.14. The first kappa shape index (κ1) is 19.0. The molecule has 31 heavy (non-hydrogen) atoms. The zero-order chi connectivity index (χ0) is 21.4. The Balaban J connectivity index is 1.48. The van der Waals surface area contributed by atoms with Crippen molar-refractivity contribution in [1.29, 1.82) is 0 Å². The lowest BCUT2D eigenvalue weighted by atomic mass is 10.0.